The van der Waals surface area contributed by atoms with E-state index < -0.39 is 0 Å². The average Bonchev–Trinajstić information content (AvgIpc) is 2.33. The third-order valence-corrected chi connectivity index (χ3v) is 3.46. The third kappa shape index (κ3) is 9.00. The molecule has 0 radical (unpaired) electrons. The van der Waals surface area contributed by atoms with Gasteiger partial charge in [-0.15, -0.1) is 0 Å². The van der Waals surface area contributed by atoms with Crippen molar-refractivity contribution in [3.8, 4) is 0 Å². The molecule has 4 nitrogen and oxygen atoms in total. The predicted octanol–water partition coefficient (Wildman–Crippen LogP) is 1.99. The molecule has 0 aliphatic carbocycles. The number of hydrogen-bond acceptors (Lipinski definition) is 3. The van der Waals surface area contributed by atoms with E-state index in [0.717, 1.165) is 38.9 Å². The molecule has 0 aromatic rings. The van der Waals surface area contributed by atoms with Crippen LogP contribution in [-0.4, -0.2) is 42.5 Å². The Hall–Kier alpha value is -0.610. The molecule has 4 heteroatoms. The Balaban J connectivity index is 3.84. The first-order valence-electron chi connectivity index (χ1n) is 7.68. The van der Waals surface area contributed by atoms with Gasteiger partial charge in [0, 0.05) is 6.04 Å². The lowest BCUT2D eigenvalue weighted by molar-refractivity contribution is -0.123. The number of rotatable bonds is 10. The molecule has 0 aromatic carbocycles. The van der Waals surface area contributed by atoms with E-state index in [1.807, 2.05) is 0 Å². The smallest absolute Gasteiger partial charge is 0.237 e. The fourth-order valence-corrected chi connectivity index (χ4v) is 2.20. The van der Waals surface area contributed by atoms with Crippen LogP contribution in [0.4, 0.5) is 0 Å². The second-order valence-corrected chi connectivity index (χ2v) is 5.81. The van der Waals surface area contributed by atoms with E-state index in [1.165, 1.54) is 0 Å². The van der Waals surface area contributed by atoms with Gasteiger partial charge in [-0.2, -0.15) is 0 Å². The maximum atomic E-state index is 11.9. The molecule has 3 N–H and O–H groups in total. The molecule has 0 fully saturated rings. The van der Waals surface area contributed by atoms with Gasteiger partial charge in [0.15, 0.2) is 0 Å². The third-order valence-electron chi connectivity index (χ3n) is 3.46. The van der Waals surface area contributed by atoms with Crippen LogP contribution in [0.25, 0.3) is 0 Å². The fraction of sp³-hybridized carbons (Fsp3) is 0.933. The predicted molar refractivity (Wildman–Crippen MR) is 82.1 cm³/mol. The first-order valence-corrected chi connectivity index (χ1v) is 7.68. The topological polar surface area (TPSA) is 58.4 Å². The number of carbonyl (C=O) groups excluding carboxylic acids is 1. The molecule has 0 aliphatic rings. The van der Waals surface area contributed by atoms with E-state index in [9.17, 15) is 4.79 Å². The minimum atomic E-state index is -0.370. The number of hydrogen-bond donors (Lipinski definition) is 2. The first kappa shape index (κ1) is 18.4. The highest BCUT2D eigenvalue weighted by atomic mass is 16.2. The van der Waals surface area contributed by atoms with E-state index in [1.54, 1.807) is 0 Å². The van der Waals surface area contributed by atoms with Crippen LogP contribution in [0.5, 0.6) is 0 Å². The van der Waals surface area contributed by atoms with E-state index in [0.29, 0.717) is 5.92 Å². The summed E-state index contributed by atoms with van der Waals surface area (Å²) in [7, 11) is 0. The first-order chi connectivity index (χ1) is 8.90. The Morgan fingerprint density at radius 2 is 1.79 bits per heavy atom. The SMILES string of the molecule is CCN(CC)CCCC(C)NC(=O)[C@@H](N)CC(C)C. The van der Waals surface area contributed by atoms with Gasteiger partial charge in [0.05, 0.1) is 6.04 Å². The van der Waals surface area contributed by atoms with Gasteiger partial charge in [0.1, 0.15) is 0 Å². The van der Waals surface area contributed by atoms with Crippen molar-refractivity contribution >= 4 is 5.91 Å². The lowest BCUT2D eigenvalue weighted by Gasteiger charge is -2.21. The zero-order chi connectivity index (χ0) is 14.8. The quantitative estimate of drug-likeness (QED) is 0.639. The van der Waals surface area contributed by atoms with Gasteiger partial charge >= 0.3 is 0 Å². The number of nitrogens with one attached hydrogen (secondary N) is 1. The number of carbonyl (C=O) groups is 1. The Labute approximate surface area is 119 Å². The van der Waals surface area contributed by atoms with Crippen LogP contribution in [0, 0.1) is 5.92 Å². The lowest BCUT2D eigenvalue weighted by Crippen LogP contribution is -2.45. The summed E-state index contributed by atoms with van der Waals surface area (Å²) in [6, 6.07) is -0.161. The van der Waals surface area contributed by atoms with Crippen molar-refractivity contribution in [1.82, 2.24) is 10.2 Å². The van der Waals surface area contributed by atoms with E-state index in [4.69, 9.17) is 5.73 Å². The highest BCUT2D eigenvalue weighted by Crippen LogP contribution is 2.04. The summed E-state index contributed by atoms with van der Waals surface area (Å²) in [5.41, 5.74) is 5.87. The Morgan fingerprint density at radius 3 is 2.26 bits per heavy atom. The molecule has 0 spiro atoms. The molecular weight excluding hydrogens is 238 g/mol. The molecule has 0 aliphatic heterocycles. The molecule has 2 atom stereocenters. The summed E-state index contributed by atoms with van der Waals surface area (Å²) >= 11 is 0. The van der Waals surface area contributed by atoms with Gasteiger partial charge < -0.3 is 16.0 Å². The second kappa shape index (κ2) is 10.2. The van der Waals surface area contributed by atoms with Crippen molar-refractivity contribution in [2.24, 2.45) is 11.7 Å². The summed E-state index contributed by atoms with van der Waals surface area (Å²) < 4.78 is 0. The number of nitrogens with zero attached hydrogens (tertiary/aromatic N) is 1. The molecule has 0 aromatic heterocycles. The van der Waals surface area contributed by atoms with Gasteiger partial charge in [-0.05, 0) is 51.7 Å². The summed E-state index contributed by atoms with van der Waals surface area (Å²) in [5.74, 6) is 0.447. The molecule has 0 rings (SSSR count). The van der Waals surface area contributed by atoms with Gasteiger partial charge in [-0.1, -0.05) is 27.7 Å². The zero-order valence-electron chi connectivity index (χ0n) is 13.4. The molecular formula is C15H33N3O. The molecule has 0 saturated carbocycles. The molecule has 0 heterocycles. The molecule has 19 heavy (non-hydrogen) atoms. The van der Waals surface area contributed by atoms with Crippen LogP contribution in [0.3, 0.4) is 0 Å². The minimum absolute atomic E-state index is 0.0101. The van der Waals surface area contributed by atoms with Crippen LogP contribution in [0.15, 0.2) is 0 Å². The fourth-order valence-electron chi connectivity index (χ4n) is 2.20. The van der Waals surface area contributed by atoms with Crippen LogP contribution in [0.2, 0.25) is 0 Å². The number of nitrogens with two attached hydrogens (primary N) is 1. The monoisotopic (exact) mass is 271 g/mol. The van der Waals surface area contributed by atoms with Crippen molar-refractivity contribution in [3.63, 3.8) is 0 Å². The lowest BCUT2D eigenvalue weighted by atomic mass is 10.0. The van der Waals surface area contributed by atoms with E-state index >= 15 is 0 Å². The summed E-state index contributed by atoms with van der Waals surface area (Å²) in [6.07, 6.45) is 2.87. The summed E-state index contributed by atoms with van der Waals surface area (Å²) in [5, 5.41) is 3.01. The highest BCUT2D eigenvalue weighted by Gasteiger charge is 2.16. The Bertz CT molecular complexity index is 240. The molecule has 0 bridgehead atoms. The van der Waals surface area contributed by atoms with Crippen molar-refractivity contribution in [2.45, 2.75) is 66.0 Å². The molecule has 1 amide bonds. The molecule has 0 saturated heterocycles. The van der Waals surface area contributed by atoms with E-state index in [2.05, 4.69) is 44.8 Å². The zero-order valence-corrected chi connectivity index (χ0v) is 13.4. The highest BCUT2D eigenvalue weighted by molar-refractivity contribution is 5.81. The summed E-state index contributed by atoms with van der Waals surface area (Å²) in [6.45, 7) is 13.9. The van der Waals surface area contributed by atoms with Crippen LogP contribution < -0.4 is 11.1 Å². The van der Waals surface area contributed by atoms with Crippen molar-refractivity contribution < 1.29 is 4.79 Å². The standard InChI is InChI=1S/C15H33N3O/c1-6-18(7-2)10-8-9-13(5)17-15(19)14(16)11-12(3)4/h12-14H,6-11,16H2,1-5H3,(H,17,19)/t13?,14-/m0/s1. The maximum Gasteiger partial charge on any atom is 0.237 e. The van der Waals surface area contributed by atoms with E-state index in [-0.39, 0.29) is 18.0 Å². The van der Waals surface area contributed by atoms with Crippen molar-refractivity contribution in [1.29, 1.82) is 0 Å². The number of amides is 1. The van der Waals surface area contributed by atoms with Gasteiger partial charge in [-0.3, -0.25) is 4.79 Å². The van der Waals surface area contributed by atoms with Gasteiger partial charge in [0.2, 0.25) is 5.91 Å². The Kier molecular flexibility index (Phi) is 9.88. The van der Waals surface area contributed by atoms with Crippen LogP contribution in [0.1, 0.15) is 53.9 Å². The van der Waals surface area contributed by atoms with Crippen LogP contribution in [-0.2, 0) is 4.79 Å². The molecule has 114 valence electrons. The van der Waals surface area contributed by atoms with Crippen LogP contribution >= 0.6 is 0 Å². The average molecular weight is 271 g/mol. The second-order valence-electron chi connectivity index (χ2n) is 5.81. The van der Waals surface area contributed by atoms with Gasteiger partial charge in [0.25, 0.3) is 0 Å². The normalized spacial score (nSPS) is 14.7. The van der Waals surface area contributed by atoms with Crippen molar-refractivity contribution in [3.05, 3.63) is 0 Å². The Morgan fingerprint density at radius 1 is 1.21 bits per heavy atom. The van der Waals surface area contributed by atoms with Crippen molar-refractivity contribution in [2.75, 3.05) is 19.6 Å². The maximum absolute atomic E-state index is 11.9. The molecule has 1 unspecified atom stereocenters. The minimum Gasteiger partial charge on any atom is -0.352 e. The van der Waals surface area contributed by atoms with Gasteiger partial charge in [-0.25, -0.2) is 0 Å². The summed E-state index contributed by atoms with van der Waals surface area (Å²) in [4.78, 5) is 14.3. The largest absolute Gasteiger partial charge is 0.352 e.